The second-order valence-corrected chi connectivity index (χ2v) is 4.87. The molecule has 1 heterocycles. The number of hydrogen-bond acceptors (Lipinski definition) is 2. The van der Waals surface area contributed by atoms with E-state index in [1.807, 2.05) is 31.3 Å². The smallest absolute Gasteiger partial charge is 0.115 e. The van der Waals surface area contributed by atoms with Crippen LogP contribution in [-0.4, -0.2) is 21.5 Å². The van der Waals surface area contributed by atoms with Crippen molar-refractivity contribution in [2.75, 3.05) is 5.88 Å². The van der Waals surface area contributed by atoms with E-state index < -0.39 is 0 Å². The van der Waals surface area contributed by atoms with E-state index in [2.05, 4.69) is 26.0 Å². The van der Waals surface area contributed by atoms with Gasteiger partial charge in [0.25, 0.3) is 0 Å². The topological polar surface area (TPSA) is 56.2 Å². The van der Waals surface area contributed by atoms with Gasteiger partial charge in [0, 0.05) is 12.6 Å². The third kappa shape index (κ3) is 2.73. The Kier molecular flexibility index (Phi) is 4.04. The van der Waals surface area contributed by atoms with Gasteiger partial charge < -0.3 is 5.73 Å². The van der Waals surface area contributed by atoms with Crippen LogP contribution in [0.2, 0.25) is 0 Å². The molecule has 0 amide bonds. The predicted molar refractivity (Wildman–Crippen MR) is 78.3 cm³/mol. The van der Waals surface area contributed by atoms with E-state index in [4.69, 9.17) is 17.3 Å². The zero-order valence-corrected chi connectivity index (χ0v) is 12.1. The number of aliphatic imine (C=N–C) groups is 1. The lowest BCUT2D eigenvalue weighted by molar-refractivity contribution is 0.776. The molecule has 6 heteroatoms. The fourth-order valence-electron chi connectivity index (χ4n) is 1.65. The van der Waals surface area contributed by atoms with Crippen LogP contribution in [0.25, 0.3) is 11.3 Å². The summed E-state index contributed by atoms with van der Waals surface area (Å²) in [5, 5.41) is 4.19. The van der Waals surface area contributed by atoms with Crippen LogP contribution >= 0.6 is 27.5 Å². The minimum absolute atomic E-state index is 0.222. The van der Waals surface area contributed by atoms with Gasteiger partial charge in [0.15, 0.2) is 0 Å². The first-order valence-electron chi connectivity index (χ1n) is 5.28. The van der Waals surface area contributed by atoms with Crippen molar-refractivity contribution in [3.8, 4) is 11.3 Å². The third-order valence-electron chi connectivity index (χ3n) is 2.42. The average Bonchev–Trinajstić information content (AvgIpc) is 2.69. The normalized spacial score (nSPS) is 11.8. The van der Waals surface area contributed by atoms with Gasteiger partial charge in [-0.05, 0) is 28.1 Å². The molecule has 18 heavy (non-hydrogen) atoms. The molecule has 1 aromatic carbocycles. The van der Waals surface area contributed by atoms with E-state index >= 15 is 0 Å². The van der Waals surface area contributed by atoms with E-state index in [9.17, 15) is 0 Å². The first kappa shape index (κ1) is 13.1. The van der Waals surface area contributed by atoms with Crippen LogP contribution in [0.1, 0.15) is 0 Å². The zero-order valence-electron chi connectivity index (χ0n) is 9.77. The summed E-state index contributed by atoms with van der Waals surface area (Å²) in [6.07, 6.45) is 1.76. The average molecular weight is 328 g/mol. The molecule has 2 rings (SSSR count). The van der Waals surface area contributed by atoms with E-state index in [1.54, 1.807) is 10.9 Å². The van der Waals surface area contributed by atoms with Crippen LogP contribution in [-0.2, 0) is 7.05 Å². The zero-order chi connectivity index (χ0) is 13.1. The summed E-state index contributed by atoms with van der Waals surface area (Å²) >= 11 is 9.09. The van der Waals surface area contributed by atoms with Crippen LogP contribution in [0.15, 0.2) is 39.9 Å². The monoisotopic (exact) mass is 326 g/mol. The standard InChI is InChI=1S/C12H12BrClN4/c1-18-12(10(13)7-16-18)8-3-2-4-9(5-8)17-11(15)6-14/h2-5,7H,6H2,1H3,(H2,15,17). The lowest BCUT2D eigenvalue weighted by atomic mass is 10.1. The Balaban J connectivity index is 2.45. The Labute approximate surface area is 119 Å². The number of nitrogens with zero attached hydrogens (tertiary/aromatic N) is 3. The van der Waals surface area contributed by atoms with Crippen molar-refractivity contribution in [1.82, 2.24) is 9.78 Å². The van der Waals surface area contributed by atoms with Crippen LogP contribution < -0.4 is 5.73 Å². The maximum Gasteiger partial charge on any atom is 0.115 e. The van der Waals surface area contributed by atoms with Gasteiger partial charge in [-0.15, -0.1) is 11.6 Å². The number of aryl methyl sites for hydroxylation is 1. The lowest BCUT2D eigenvalue weighted by Crippen LogP contribution is -2.12. The maximum absolute atomic E-state index is 5.62. The van der Waals surface area contributed by atoms with E-state index in [0.29, 0.717) is 5.84 Å². The van der Waals surface area contributed by atoms with Gasteiger partial charge >= 0.3 is 0 Å². The SMILES string of the molecule is Cn1ncc(Br)c1-c1cccc(N=C(N)CCl)c1. The summed E-state index contributed by atoms with van der Waals surface area (Å²) in [6, 6.07) is 7.75. The summed E-state index contributed by atoms with van der Waals surface area (Å²) in [5.74, 6) is 0.623. The molecule has 0 atom stereocenters. The number of rotatable bonds is 3. The molecule has 2 aromatic rings. The number of nitrogens with two attached hydrogens (primary N) is 1. The van der Waals surface area contributed by atoms with Crippen LogP contribution in [0.4, 0.5) is 5.69 Å². The summed E-state index contributed by atoms with van der Waals surface area (Å²) in [6.45, 7) is 0. The van der Waals surface area contributed by atoms with Gasteiger partial charge in [0.1, 0.15) is 5.84 Å². The predicted octanol–water partition coefficient (Wildman–Crippen LogP) is 3.08. The fourth-order valence-corrected chi connectivity index (χ4v) is 2.29. The highest BCUT2D eigenvalue weighted by atomic mass is 79.9. The van der Waals surface area contributed by atoms with Crippen molar-refractivity contribution >= 4 is 39.1 Å². The van der Waals surface area contributed by atoms with Crippen LogP contribution in [0.3, 0.4) is 0 Å². The minimum atomic E-state index is 0.222. The highest BCUT2D eigenvalue weighted by molar-refractivity contribution is 9.10. The Morgan fingerprint density at radius 2 is 2.33 bits per heavy atom. The third-order valence-corrected chi connectivity index (χ3v) is 3.28. The Bertz CT molecular complexity index is 572. The molecular weight excluding hydrogens is 316 g/mol. The van der Waals surface area contributed by atoms with Crippen LogP contribution in [0.5, 0.6) is 0 Å². The maximum atomic E-state index is 5.62. The van der Waals surface area contributed by atoms with Gasteiger partial charge in [-0.1, -0.05) is 12.1 Å². The highest BCUT2D eigenvalue weighted by Gasteiger charge is 2.08. The molecule has 94 valence electrons. The van der Waals surface area contributed by atoms with Crippen molar-refractivity contribution in [2.45, 2.75) is 0 Å². The molecule has 0 aliphatic heterocycles. The molecule has 0 fully saturated rings. The molecule has 0 spiro atoms. The summed E-state index contributed by atoms with van der Waals surface area (Å²) in [7, 11) is 1.89. The highest BCUT2D eigenvalue weighted by Crippen LogP contribution is 2.29. The second-order valence-electron chi connectivity index (χ2n) is 3.75. The van der Waals surface area contributed by atoms with Crippen LogP contribution in [0, 0.1) is 0 Å². The van der Waals surface area contributed by atoms with Gasteiger partial charge in [0.05, 0.1) is 27.9 Å². The quantitative estimate of drug-likeness (QED) is 0.535. The number of halogens is 2. The molecular formula is C12H12BrClN4. The molecule has 4 nitrogen and oxygen atoms in total. The Morgan fingerprint density at radius 1 is 1.56 bits per heavy atom. The molecule has 0 saturated heterocycles. The van der Waals surface area contributed by atoms with Crippen molar-refractivity contribution < 1.29 is 0 Å². The van der Waals surface area contributed by atoms with Crippen molar-refractivity contribution in [3.63, 3.8) is 0 Å². The fraction of sp³-hybridized carbons (Fsp3) is 0.167. The molecule has 2 N–H and O–H groups in total. The van der Waals surface area contributed by atoms with Gasteiger partial charge in [-0.25, -0.2) is 4.99 Å². The van der Waals surface area contributed by atoms with Gasteiger partial charge in [-0.3, -0.25) is 4.68 Å². The largest absolute Gasteiger partial charge is 0.386 e. The van der Waals surface area contributed by atoms with Crippen molar-refractivity contribution in [1.29, 1.82) is 0 Å². The first-order chi connectivity index (χ1) is 8.61. The van der Waals surface area contributed by atoms with Crippen molar-refractivity contribution in [2.24, 2.45) is 17.8 Å². The van der Waals surface area contributed by atoms with E-state index in [0.717, 1.165) is 21.4 Å². The molecule has 0 bridgehead atoms. The second kappa shape index (κ2) is 5.54. The molecule has 0 saturated carbocycles. The molecule has 0 aliphatic carbocycles. The summed E-state index contributed by atoms with van der Waals surface area (Å²) < 4.78 is 2.74. The van der Waals surface area contributed by atoms with E-state index in [-0.39, 0.29) is 5.88 Å². The number of aromatic nitrogens is 2. The van der Waals surface area contributed by atoms with Gasteiger partial charge in [-0.2, -0.15) is 5.10 Å². The summed E-state index contributed by atoms with van der Waals surface area (Å²) in [5.41, 5.74) is 8.42. The van der Waals surface area contributed by atoms with E-state index in [1.165, 1.54) is 0 Å². The lowest BCUT2D eigenvalue weighted by Gasteiger charge is -2.04. The molecule has 0 radical (unpaired) electrons. The summed E-state index contributed by atoms with van der Waals surface area (Å²) in [4.78, 5) is 4.22. The van der Waals surface area contributed by atoms with Crippen molar-refractivity contribution in [3.05, 3.63) is 34.9 Å². The number of alkyl halides is 1. The number of amidine groups is 1. The molecule has 1 aromatic heterocycles. The number of benzene rings is 1. The molecule has 0 unspecified atom stereocenters. The minimum Gasteiger partial charge on any atom is -0.386 e. The Hall–Kier alpha value is -1.33. The van der Waals surface area contributed by atoms with Gasteiger partial charge in [0.2, 0.25) is 0 Å². The number of hydrogen-bond donors (Lipinski definition) is 1. The molecule has 0 aliphatic rings. The Morgan fingerprint density at radius 3 is 2.94 bits per heavy atom. The first-order valence-corrected chi connectivity index (χ1v) is 6.61.